The number of nitrogens with one attached hydrogen (secondary N) is 3. The Bertz CT molecular complexity index is 673. The Balaban J connectivity index is 2.03. The van der Waals surface area contributed by atoms with Crippen molar-refractivity contribution in [3.8, 4) is 0 Å². The lowest BCUT2D eigenvalue weighted by atomic mass is 10.2. The summed E-state index contributed by atoms with van der Waals surface area (Å²) in [7, 11) is 3.95. The van der Waals surface area contributed by atoms with E-state index in [2.05, 4.69) is 15.6 Å². The van der Waals surface area contributed by atoms with E-state index >= 15 is 0 Å². The third-order valence-corrected chi connectivity index (χ3v) is 3.23. The molecule has 0 unspecified atom stereocenters. The average molecular weight is 330 g/mol. The van der Waals surface area contributed by atoms with E-state index in [9.17, 15) is 9.59 Å². The number of nitrogens with zero attached hydrogens (tertiary/aromatic N) is 1. The van der Waals surface area contributed by atoms with E-state index in [1.54, 1.807) is 24.4 Å². The summed E-state index contributed by atoms with van der Waals surface area (Å²) in [5.74, 6) is -0.669. The highest BCUT2D eigenvalue weighted by atomic mass is 16.3. The number of amides is 2. The Morgan fingerprint density at radius 2 is 2.12 bits per heavy atom. The second kappa shape index (κ2) is 8.73. The first-order valence-corrected chi connectivity index (χ1v) is 7.69. The maximum Gasteiger partial charge on any atom is 0.291 e. The highest BCUT2D eigenvalue weighted by Gasteiger charge is 2.16. The van der Waals surface area contributed by atoms with Gasteiger partial charge in [-0.25, -0.2) is 0 Å². The lowest BCUT2D eigenvalue weighted by Gasteiger charge is -2.12. The van der Waals surface area contributed by atoms with E-state index < -0.39 is 5.91 Å². The summed E-state index contributed by atoms with van der Waals surface area (Å²) in [6.45, 7) is 1.39. The lowest BCUT2D eigenvalue weighted by molar-refractivity contribution is -0.117. The quantitative estimate of drug-likeness (QED) is 0.505. The minimum Gasteiger partial charge on any atom is -0.459 e. The summed E-state index contributed by atoms with van der Waals surface area (Å²) in [5, 5.41) is 5.40. The second-order valence-electron chi connectivity index (χ2n) is 5.53. The van der Waals surface area contributed by atoms with Gasteiger partial charge in [0.25, 0.3) is 11.8 Å². The zero-order valence-corrected chi connectivity index (χ0v) is 13.8. The molecule has 2 rings (SSSR count). The summed E-state index contributed by atoms with van der Waals surface area (Å²) in [6, 6.07) is 6.77. The van der Waals surface area contributed by atoms with Crippen molar-refractivity contribution in [2.24, 2.45) is 0 Å². The Kier molecular flexibility index (Phi) is 6.39. The van der Waals surface area contributed by atoms with Crippen molar-refractivity contribution in [1.29, 1.82) is 0 Å². The van der Waals surface area contributed by atoms with Gasteiger partial charge in [-0.1, -0.05) is 0 Å². The number of carbonyl (C=O) groups excluding carboxylic acids is 2. The number of furan rings is 1. The van der Waals surface area contributed by atoms with Crippen LogP contribution in [0.15, 0.2) is 46.8 Å². The van der Waals surface area contributed by atoms with Gasteiger partial charge in [0.15, 0.2) is 5.76 Å². The molecule has 0 atom stereocenters. The minimum atomic E-state index is -0.471. The van der Waals surface area contributed by atoms with Crippen molar-refractivity contribution in [2.45, 2.75) is 6.42 Å². The molecule has 3 N–H and O–H groups in total. The SMILES string of the molecule is CN(C)CCCNC(=O)/C(=C/c1ccc[nH]1)NC(=O)c1ccco1. The molecule has 0 aliphatic carbocycles. The monoisotopic (exact) mass is 330 g/mol. The fraction of sp³-hybridized carbons (Fsp3) is 0.294. The highest BCUT2D eigenvalue weighted by molar-refractivity contribution is 6.04. The van der Waals surface area contributed by atoms with Gasteiger partial charge in [-0.05, 0) is 57.4 Å². The summed E-state index contributed by atoms with van der Waals surface area (Å²) in [4.78, 5) is 29.5. The number of aromatic nitrogens is 1. The van der Waals surface area contributed by atoms with Crippen LogP contribution in [-0.4, -0.2) is 48.9 Å². The zero-order valence-electron chi connectivity index (χ0n) is 13.8. The average Bonchev–Trinajstić information content (AvgIpc) is 3.23. The van der Waals surface area contributed by atoms with Gasteiger partial charge in [-0.2, -0.15) is 0 Å². The Morgan fingerprint density at radius 3 is 2.75 bits per heavy atom. The normalized spacial score (nSPS) is 11.5. The summed E-state index contributed by atoms with van der Waals surface area (Å²) < 4.78 is 5.05. The van der Waals surface area contributed by atoms with Crippen LogP contribution in [0.2, 0.25) is 0 Å². The zero-order chi connectivity index (χ0) is 17.4. The number of rotatable bonds is 8. The largest absolute Gasteiger partial charge is 0.459 e. The maximum absolute atomic E-state index is 12.4. The van der Waals surface area contributed by atoms with Gasteiger partial charge in [0.05, 0.1) is 6.26 Å². The topological polar surface area (TPSA) is 90.4 Å². The van der Waals surface area contributed by atoms with Crippen molar-refractivity contribution < 1.29 is 14.0 Å². The van der Waals surface area contributed by atoms with E-state index in [0.29, 0.717) is 12.2 Å². The van der Waals surface area contributed by atoms with E-state index in [1.807, 2.05) is 25.1 Å². The molecule has 7 heteroatoms. The number of hydrogen-bond acceptors (Lipinski definition) is 4. The number of hydrogen-bond donors (Lipinski definition) is 3. The van der Waals surface area contributed by atoms with Gasteiger partial charge in [0.1, 0.15) is 5.70 Å². The summed E-state index contributed by atoms with van der Waals surface area (Å²) in [6.07, 6.45) is 5.56. The Hall–Kier alpha value is -2.80. The molecule has 0 saturated carbocycles. The van der Waals surface area contributed by atoms with Gasteiger partial charge in [-0.3, -0.25) is 9.59 Å². The Labute approximate surface area is 140 Å². The van der Waals surface area contributed by atoms with Gasteiger partial charge >= 0.3 is 0 Å². The number of carbonyl (C=O) groups is 2. The van der Waals surface area contributed by atoms with Gasteiger partial charge in [-0.15, -0.1) is 0 Å². The standard InChI is InChI=1S/C17H22N4O3/c1-21(2)10-5-9-19-16(22)14(12-13-6-3-8-18-13)20-17(23)15-7-4-11-24-15/h3-4,6-8,11-12,18H,5,9-10H2,1-2H3,(H,19,22)(H,20,23)/b14-12-. The number of aromatic amines is 1. The first kappa shape index (κ1) is 17.6. The first-order chi connectivity index (χ1) is 11.6. The summed E-state index contributed by atoms with van der Waals surface area (Å²) in [5.41, 5.74) is 0.872. The molecule has 128 valence electrons. The molecule has 0 saturated heterocycles. The molecule has 2 heterocycles. The van der Waals surface area contributed by atoms with Crippen LogP contribution < -0.4 is 10.6 Å². The molecule has 0 fully saturated rings. The molecule has 0 aliphatic heterocycles. The van der Waals surface area contributed by atoms with Gasteiger partial charge in [0, 0.05) is 18.4 Å². The first-order valence-electron chi connectivity index (χ1n) is 7.69. The van der Waals surface area contributed by atoms with E-state index in [-0.39, 0.29) is 17.4 Å². The van der Waals surface area contributed by atoms with Crippen molar-refractivity contribution in [2.75, 3.05) is 27.2 Å². The molecule has 7 nitrogen and oxygen atoms in total. The van der Waals surface area contributed by atoms with Crippen LogP contribution in [0.3, 0.4) is 0 Å². The van der Waals surface area contributed by atoms with Crippen LogP contribution in [-0.2, 0) is 4.79 Å². The smallest absolute Gasteiger partial charge is 0.291 e. The summed E-state index contributed by atoms with van der Waals surface area (Å²) >= 11 is 0. The van der Waals surface area contributed by atoms with Gasteiger partial charge in [0.2, 0.25) is 0 Å². The molecule has 2 aromatic rings. The molecule has 0 aliphatic rings. The fourth-order valence-corrected chi connectivity index (χ4v) is 2.03. The highest BCUT2D eigenvalue weighted by Crippen LogP contribution is 2.06. The van der Waals surface area contributed by atoms with Crippen molar-refractivity contribution in [1.82, 2.24) is 20.5 Å². The predicted octanol–water partition coefficient (Wildman–Crippen LogP) is 1.45. The fourth-order valence-electron chi connectivity index (χ4n) is 2.03. The van der Waals surface area contributed by atoms with Crippen LogP contribution in [0, 0.1) is 0 Å². The molecule has 2 aromatic heterocycles. The third-order valence-electron chi connectivity index (χ3n) is 3.23. The molecule has 24 heavy (non-hydrogen) atoms. The lowest BCUT2D eigenvalue weighted by Crippen LogP contribution is -2.35. The van der Waals surface area contributed by atoms with Crippen LogP contribution >= 0.6 is 0 Å². The third kappa shape index (κ3) is 5.44. The van der Waals surface area contributed by atoms with E-state index in [0.717, 1.165) is 13.0 Å². The maximum atomic E-state index is 12.4. The van der Waals surface area contributed by atoms with E-state index in [4.69, 9.17) is 4.42 Å². The molecule has 0 bridgehead atoms. The Morgan fingerprint density at radius 1 is 1.29 bits per heavy atom. The predicted molar refractivity (Wildman–Crippen MR) is 91.1 cm³/mol. The second-order valence-corrected chi connectivity index (χ2v) is 5.53. The van der Waals surface area contributed by atoms with Crippen molar-refractivity contribution in [3.63, 3.8) is 0 Å². The van der Waals surface area contributed by atoms with Gasteiger partial charge < -0.3 is 24.9 Å². The molecule has 0 aromatic carbocycles. The minimum absolute atomic E-state index is 0.146. The van der Waals surface area contributed by atoms with Crippen molar-refractivity contribution >= 4 is 17.9 Å². The number of H-pyrrole nitrogens is 1. The van der Waals surface area contributed by atoms with Crippen LogP contribution in [0.25, 0.3) is 6.08 Å². The van der Waals surface area contributed by atoms with Crippen LogP contribution in [0.5, 0.6) is 0 Å². The van der Waals surface area contributed by atoms with Crippen molar-refractivity contribution in [3.05, 3.63) is 53.9 Å². The van der Waals surface area contributed by atoms with Crippen LogP contribution in [0.1, 0.15) is 22.7 Å². The van der Waals surface area contributed by atoms with Crippen LogP contribution in [0.4, 0.5) is 0 Å². The van der Waals surface area contributed by atoms with E-state index in [1.165, 1.54) is 12.3 Å². The molecule has 2 amide bonds. The molecular weight excluding hydrogens is 308 g/mol. The molecule has 0 radical (unpaired) electrons. The molecule has 0 spiro atoms. The molecular formula is C17H22N4O3.